The maximum atomic E-state index is 13.6. The van der Waals surface area contributed by atoms with Gasteiger partial charge in [-0.1, -0.05) is 12.1 Å². The molecular weight excluding hydrogens is 510 g/mol. The molecule has 1 aliphatic rings. The molecule has 1 fully saturated rings. The first-order valence-corrected chi connectivity index (χ1v) is 9.40. The first-order chi connectivity index (χ1) is 13.9. The number of hydrogen-bond donors (Lipinski definition) is 2. The van der Waals surface area contributed by atoms with Gasteiger partial charge in [0.25, 0.3) is 0 Å². The Hall–Kier alpha value is -2.08. The number of ether oxygens (including phenoxy) is 1. The molecule has 1 aromatic carbocycles. The van der Waals surface area contributed by atoms with Crippen molar-refractivity contribution < 1.29 is 17.9 Å². The molecule has 0 spiro atoms. The summed E-state index contributed by atoms with van der Waals surface area (Å²) in [6.07, 6.45) is -2.13. The maximum absolute atomic E-state index is 13.6. The van der Waals surface area contributed by atoms with Crippen LogP contribution in [0, 0.1) is 0 Å². The van der Waals surface area contributed by atoms with Gasteiger partial charge in [0.2, 0.25) is 0 Å². The molecule has 2 heterocycles. The largest absolute Gasteiger partial charge is 0.416 e. The van der Waals surface area contributed by atoms with Crippen molar-refractivity contribution in [2.75, 3.05) is 37.7 Å². The molecule has 30 heavy (non-hydrogen) atoms. The summed E-state index contributed by atoms with van der Waals surface area (Å²) in [6, 6.07) is 9.95. The van der Waals surface area contributed by atoms with Crippen LogP contribution >= 0.6 is 24.0 Å². The molecular formula is C20H25F3IN5O. The van der Waals surface area contributed by atoms with Crippen LogP contribution in [-0.2, 0) is 23.9 Å². The summed E-state index contributed by atoms with van der Waals surface area (Å²) < 4.78 is 46.0. The first kappa shape index (κ1) is 24.2. The van der Waals surface area contributed by atoms with E-state index in [9.17, 15) is 13.2 Å². The van der Waals surface area contributed by atoms with Crippen molar-refractivity contribution in [1.29, 1.82) is 0 Å². The Bertz CT molecular complexity index is 827. The summed E-state index contributed by atoms with van der Waals surface area (Å²) in [6.45, 7) is 2.50. The Kier molecular flexibility index (Phi) is 9.15. The van der Waals surface area contributed by atoms with E-state index in [2.05, 4.69) is 15.3 Å². The molecule has 0 bridgehead atoms. The number of nitrogens with one attached hydrogen (secondary N) is 1. The predicted octanol–water partition coefficient (Wildman–Crippen LogP) is 3.20. The number of halogens is 4. The van der Waals surface area contributed by atoms with Crippen LogP contribution in [0.2, 0.25) is 0 Å². The second-order valence-electron chi connectivity index (χ2n) is 6.64. The molecule has 1 aromatic heterocycles. The fourth-order valence-electron chi connectivity index (χ4n) is 3.08. The van der Waals surface area contributed by atoms with Crippen LogP contribution in [-0.4, -0.2) is 43.8 Å². The lowest BCUT2D eigenvalue weighted by Gasteiger charge is -2.29. The summed E-state index contributed by atoms with van der Waals surface area (Å²) in [4.78, 5) is 10.2. The molecule has 1 aliphatic heterocycles. The van der Waals surface area contributed by atoms with Crippen molar-refractivity contribution in [3.63, 3.8) is 0 Å². The van der Waals surface area contributed by atoms with Crippen molar-refractivity contribution in [2.45, 2.75) is 19.1 Å². The summed E-state index contributed by atoms with van der Waals surface area (Å²) in [5.41, 5.74) is 6.64. The lowest BCUT2D eigenvalue weighted by molar-refractivity contribution is -0.138. The smallest absolute Gasteiger partial charge is 0.378 e. The third-order valence-corrected chi connectivity index (χ3v) is 4.61. The topological polar surface area (TPSA) is 75.8 Å². The van der Waals surface area contributed by atoms with Gasteiger partial charge < -0.3 is 20.7 Å². The number of aliphatic imine (C=N–C) groups is 1. The predicted molar refractivity (Wildman–Crippen MR) is 121 cm³/mol. The van der Waals surface area contributed by atoms with Gasteiger partial charge in [-0.3, -0.25) is 4.98 Å². The number of guanidine groups is 1. The van der Waals surface area contributed by atoms with Crippen LogP contribution in [0.1, 0.15) is 16.8 Å². The maximum Gasteiger partial charge on any atom is 0.416 e. The van der Waals surface area contributed by atoms with E-state index in [4.69, 9.17) is 10.5 Å². The lowest BCUT2D eigenvalue weighted by atomic mass is 10.1. The highest BCUT2D eigenvalue weighted by atomic mass is 127. The normalized spacial score (nSPS) is 14.9. The molecule has 0 amide bonds. The van der Waals surface area contributed by atoms with Crippen molar-refractivity contribution in [3.05, 3.63) is 59.4 Å². The van der Waals surface area contributed by atoms with Crippen molar-refractivity contribution >= 4 is 35.6 Å². The highest BCUT2D eigenvalue weighted by Gasteiger charge is 2.34. The number of benzene rings is 1. The second kappa shape index (κ2) is 11.3. The molecule has 2 aromatic rings. The molecule has 0 saturated carbocycles. The summed E-state index contributed by atoms with van der Waals surface area (Å²) in [5, 5.41) is 2.91. The van der Waals surface area contributed by atoms with Gasteiger partial charge in [-0.05, 0) is 29.8 Å². The third kappa shape index (κ3) is 7.01. The fourth-order valence-corrected chi connectivity index (χ4v) is 3.08. The number of nitrogens with zero attached hydrogens (tertiary/aromatic N) is 3. The van der Waals surface area contributed by atoms with Gasteiger partial charge in [0.1, 0.15) is 0 Å². The molecule has 0 radical (unpaired) electrons. The van der Waals surface area contributed by atoms with Crippen molar-refractivity contribution in [1.82, 2.24) is 10.3 Å². The molecule has 1 saturated heterocycles. The van der Waals surface area contributed by atoms with E-state index in [0.717, 1.165) is 5.69 Å². The summed E-state index contributed by atoms with van der Waals surface area (Å²) in [7, 11) is 0. The van der Waals surface area contributed by atoms with E-state index in [-0.39, 0.29) is 42.0 Å². The van der Waals surface area contributed by atoms with Gasteiger partial charge in [-0.15, -0.1) is 24.0 Å². The van der Waals surface area contributed by atoms with E-state index < -0.39 is 11.7 Å². The molecule has 0 aliphatic carbocycles. The minimum absolute atomic E-state index is 0. The van der Waals surface area contributed by atoms with Gasteiger partial charge >= 0.3 is 6.18 Å². The Balaban J connectivity index is 0.00000320. The monoisotopic (exact) mass is 535 g/mol. The lowest BCUT2D eigenvalue weighted by Crippen LogP contribution is -2.36. The Morgan fingerprint density at radius 3 is 2.63 bits per heavy atom. The average molecular weight is 535 g/mol. The number of nitrogens with two attached hydrogens (primary N) is 1. The number of rotatable bonds is 6. The molecule has 164 valence electrons. The van der Waals surface area contributed by atoms with Gasteiger partial charge in [-0.25, -0.2) is 4.99 Å². The van der Waals surface area contributed by atoms with E-state index in [1.54, 1.807) is 12.3 Å². The Labute approximate surface area is 190 Å². The third-order valence-electron chi connectivity index (χ3n) is 4.61. The standard InChI is InChI=1S/C20H24F3N5O.HI/c21-20(22,23)18-13-17(28-9-11-29-12-10-28)5-4-15(18)14-27-19(24)26-8-6-16-3-1-2-7-25-16;/h1-5,7,13H,6,8-12,14H2,(H3,24,26,27);1H. The molecule has 3 rings (SSSR count). The van der Waals surface area contributed by atoms with Crippen LogP contribution in [0.3, 0.4) is 0 Å². The van der Waals surface area contributed by atoms with E-state index in [1.165, 1.54) is 12.1 Å². The van der Waals surface area contributed by atoms with Crippen LogP contribution < -0.4 is 16.0 Å². The summed E-state index contributed by atoms with van der Waals surface area (Å²) >= 11 is 0. The molecule has 3 N–H and O–H groups in total. The quantitative estimate of drug-likeness (QED) is 0.338. The zero-order chi connectivity index (χ0) is 20.7. The average Bonchev–Trinajstić information content (AvgIpc) is 2.73. The van der Waals surface area contributed by atoms with E-state index >= 15 is 0 Å². The molecule has 0 unspecified atom stereocenters. The molecule has 0 atom stereocenters. The first-order valence-electron chi connectivity index (χ1n) is 9.40. The second-order valence-corrected chi connectivity index (χ2v) is 6.64. The van der Waals surface area contributed by atoms with Gasteiger partial charge in [0.05, 0.1) is 25.3 Å². The number of hydrogen-bond acceptors (Lipinski definition) is 4. The number of aromatic nitrogens is 1. The van der Waals surface area contributed by atoms with E-state index in [0.29, 0.717) is 45.0 Å². The highest BCUT2D eigenvalue weighted by Crippen LogP contribution is 2.35. The van der Waals surface area contributed by atoms with Gasteiger partial charge in [0, 0.05) is 43.6 Å². The summed E-state index contributed by atoms with van der Waals surface area (Å²) in [5.74, 6) is 0.103. The van der Waals surface area contributed by atoms with Crippen LogP contribution in [0.5, 0.6) is 0 Å². The Morgan fingerprint density at radius 2 is 1.97 bits per heavy atom. The highest BCUT2D eigenvalue weighted by molar-refractivity contribution is 14.0. The van der Waals surface area contributed by atoms with Gasteiger partial charge in [-0.2, -0.15) is 13.2 Å². The van der Waals surface area contributed by atoms with E-state index in [1.807, 2.05) is 23.1 Å². The SMILES string of the molecule is I.NC(=NCc1ccc(N2CCOCC2)cc1C(F)(F)F)NCCc1ccccn1. The minimum atomic E-state index is -4.46. The number of anilines is 1. The molecule has 10 heteroatoms. The fraction of sp³-hybridized carbons (Fsp3) is 0.400. The van der Waals surface area contributed by atoms with Crippen molar-refractivity contribution in [3.8, 4) is 0 Å². The molecule has 6 nitrogen and oxygen atoms in total. The van der Waals surface area contributed by atoms with Gasteiger partial charge in [0.15, 0.2) is 5.96 Å². The van der Waals surface area contributed by atoms with Crippen molar-refractivity contribution in [2.24, 2.45) is 10.7 Å². The Morgan fingerprint density at radius 1 is 1.20 bits per heavy atom. The van der Waals surface area contributed by atoms with Crippen LogP contribution in [0.15, 0.2) is 47.6 Å². The minimum Gasteiger partial charge on any atom is -0.378 e. The number of morpholine rings is 1. The zero-order valence-corrected chi connectivity index (χ0v) is 18.7. The zero-order valence-electron chi connectivity index (χ0n) is 16.4. The van der Waals surface area contributed by atoms with Crippen LogP contribution in [0.25, 0.3) is 0 Å². The van der Waals surface area contributed by atoms with Crippen LogP contribution in [0.4, 0.5) is 18.9 Å². The number of alkyl halides is 3. The number of pyridine rings is 1.